The molecule has 0 aliphatic heterocycles. The summed E-state index contributed by atoms with van der Waals surface area (Å²) in [5.41, 5.74) is 0. The molecule has 0 radical (unpaired) electrons. The third kappa shape index (κ3) is 1.02. The molecule has 0 unspecified atom stereocenters. The Kier molecular flexibility index (Phi) is 1.22. The Hall–Kier alpha value is -0.530. The van der Waals surface area contributed by atoms with Crippen molar-refractivity contribution in [2.45, 2.75) is 31.7 Å². The summed E-state index contributed by atoms with van der Waals surface area (Å²) in [6, 6.07) is 0.730. The average molecular weight is 138 g/mol. The van der Waals surface area contributed by atoms with Crippen LogP contribution in [0.15, 0.2) is 0 Å². The Morgan fingerprint density at radius 2 is 1.90 bits per heavy atom. The van der Waals surface area contributed by atoms with Gasteiger partial charge in [0.2, 0.25) is 0 Å². The second-order valence-corrected chi connectivity index (χ2v) is 3.50. The van der Waals surface area contributed by atoms with Crippen molar-refractivity contribution in [2.75, 3.05) is 7.05 Å². The summed E-state index contributed by atoms with van der Waals surface area (Å²) in [4.78, 5) is 2.16. The zero-order chi connectivity index (χ0) is 7.14. The molecular weight excluding hydrogens is 124 g/mol. The van der Waals surface area contributed by atoms with Crippen molar-refractivity contribution >= 4 is 5.84 Å². The largest absolute Gasteiger partial charge is 0.360 e. The van der Waals surface area contributed by atoms with E-state index in [0.717, 1.165) is 11.9 Å². The molecule has 2 fully saturated rings. The molecule has 2 nitrogen and oxygen atoms in total. The van der Waals surface area contributed by atoms with Gasteiger partial charge in [-0.15, -0.1) is 0 Å². The molecule has 10 heavy (non-hydrogen) atoms. The van der Waals surface area contributed by atoms with E-state index in [-0.39, 0.29) is 0 Å². The number of amidine groups is 1. The fourth-order valence-corrected chi connectivity index (χ4v) is 1.30. The molecule has 0 aromatic rings. The van der Waals surface area contributed by atoms with Gasteiger partial charge in [-0.3, -0.25) is 5.41 Å². The minimum atomic E-state index is 0.630. The molecule has 0 heterocycles. The molecule has 2 rings (SSSR count). The molecule has 2 aliphatic carbocycles. The van der Waals surface area contributed by atoms with E-state index in [1.165, 1.54) is 25.7 Å². The maximum Gasteiger partial charge on any atom is 0.0989 e. The van der Waals surface area contributed by atoms with E-state index >= 15 is 0 Å². The summed E-state index contributed by atoms with van der Waals surface area (Å²) in [5, 5.41) is 7.71. The van der Waals surface area contributed by atoms with E-state index < -0.39 is 0 Å². The van der Waals surface area contributed by atoms with Gasteiger partial charge in [0.05, 0.1) is 5.84 Å². The van der Waals surface area contributed by atoms with Crippen LogP contribution in [0, 0.1) is 11.3 Å². The van der Waals surface area contributed by atoms with Gasteiger partial charge < -0.3 is 4.90 Å². The highest BCUT2D eigenvalue weighted by molar-refractivity contribution is 5.84. The normalized spacial score (nSPS) is 24.5. The third-order valence-corrected chi connectivity index (χ3v) is 2.44. The van der Waals surface area contributed by atoms with E-state index in [0.29, 0.717) is 5.92 Å². The van der Waals surface area contributed by atoms with E-state index in [1.54, 1.807) is 0 Å². The highest BCUT2D eigenvalue weighted by atomic mass is 15.2. The first kappa shape index (κ1) is 6.20. The summed E-state index contributed by atoms with van der Waals surface area (Å²) >= 11 is 0. The Bertz CT molecular complexity index is 157. The first-order chi connectivity index (χ1) is 4.79. The predicted octanol–water partition coefficient (Wildman–Crippen LogP) is 1.47. The van der Waals surface area contributed by atoms with E-state index in [1.807, 2.05) is 0 Å². The van der Waals surface area contributed by atoms with Crippen LogP contribution in [0.1, 0.15) is 25.7 Å². The second kappa shape index (κ2) is 1.97. The lowest BCUT2D eigenvalue weighted by Gasteiger charge is -2.18. The van der Waals surface area contributed by atoms with Crippen LogP contribution in [0.4, 0.5) is 0 Å². The van der Waals surface area contributed by atoms with Crippen molar-refractivity contribution in [3.8, 4) is 0 Å². The zero-order valence-electron chi connectivity index (χ0n) is 6.43. The molecule has 0 saturated heterocycles. The van der Waals surface area contributed by atoms with Gasteiger partial charge in [-0.1, -0.05) is 0 Å². The average Bonchev–Trinajstić information content (AvgIpc) is 2.73. The van der Waals surface area contributed by atoms with Crippen molar-refractivity contribution in [3.63, 3.8) is 0 Å². The molecule has 0 amide bonds. The van der Waals surface area contributed by atoms with Crippen LogP contribution in [0.2, 0.25) is 0 Å². The van der Waals surface area contributed by atoms with Gasteiger partial charge in [0.25, 0.3) is 0 Å². The molecule has 1 N–H and O–H groups in total. The van der Waals surface area contributed by atoms with Gasteiger partial charge in [-0.25, -0.2) is 0 Å². The number of nitrogens with one attached hydrogen (secondary N) is 1. The molecule has 2 saturated carbocycles. The monoisotopic (exact) mass is 138 g/mol. The predicted molar refractivity (Wildman–Crippen MR) is 41.2 cm³/mol. The highest BCUT2D eigenvalue weighted by Gasteiger charge is 2.35. The number of hydrogen-bond donors (Lipinski definition) is 1. The lowest BCUT2D eigenvalue weighted by atomic mass is 10.3. The maximum atomic E-state index is 7.71. The molecular formula is C8H14N2. The fraction of sp³-hybridized carbons (Fsp3) is 0.875. The molecule has 0 bridgehead atoms. The zero-order valence-corrected chi connectivity index (χ0v) is 6.43. The summed E-state index contributed by atoms with van der Waals surface area (Å²) in [5.74, 6) is 1.52. The SMILES string of the molecule is CN(C(=N)C1CC1)C1CC1. The lowest BCUT2D eigenvalue weighted by Crippen LogP contribution is -2.29. The number of hydrogen-bond acceptors (Lipinski definition) is 1. The van der Waals surface area contributed by atoms with Crippen LogP contribution in [-0.4, -0.2) is 23.8 Å². The topological polar surface area (TPSA) is 27.1 Å². The van der Waals surface area contributed by atoms with Crippen molar-refractivity contribution in [1.29, 1.82) is 5.41 Å². The quantitative estimate of drug-likeness (QED) is 0.454. The lowest BCUT2D eigenvalue weighted by molar-refractivity contribution is 0.477. The molecule has 0 aromatic carbocycles. The van der Waals surface area contributed by atoms with E-state index in [9.17, 15) is 0 Å². The van der Waals surface area contributed by atoms with E-state index in [2.05, 4.69) is 11.9 Å². The van der Waals surface area contributed by atoms with E-state index in [4.69, 9.17) is 5.41 Å². The molecule has 2 aliphatic rings. The summed E-state index contributed by atoms with van der Waals surface area (Å²) in [6.07, 6.45) is 5.14. The van der Waals surface area contributed by atoms with Crippen molar-refractivity contribution in [2.24, 2.45) is 5.92 Å². The summed E-state index contributed by atoms with van der Waals surface area (Å²) in [6.45, 7) is 0. The van der Waals surface area contributed by atoms with Crippen LogP contribution in [0.25, 0.3) is 0 Å². The fourth-order valence-electron chi connectivity index (χ4n) is 1.30. The Morgan fingerprint density at radius 1 is 1.30 bits per heavy atom. The van der Waals surface area contributed by atoms with Crippen LogP contribution < -0.4 is 0 Å². The molecule has 0 aromatic heterocycles. The minimum Gasteiger partial charge on any atom is -0.360 e. The first-order valence-electron chi connectivity index (χ1n) is 4.10. The molecule has 56 valence electrons. The Balaban J connectivity index is 1.89. The van der Waals surface area contributed by atoms with Crippen LogP contribution in [-0.2, 0) is 0 Å². The Labute approximate surface area is 61.7 Å². The minimum absolute atomic E-state index is 0.630. The van der Waals surface area contributed by atoms with Gasteiger partial charge in [0.1, 0.15) is 0 Å². The number of nitrogens with zero attached hydrogens (tertiary/aromatic N) is 1. The Morgan fingerprint density at radius 3 is 2.30 bits per heavy atom. The summed E-state index contributed by atoms with van der Waals surface area (Å²) in [7, 11) is 2.07. The van der Waals surface area contributed by atoms with Crippen molar-refractivity contribution in [3.05, 3.63) is 0 Å². The summed E-state index contributed by atoms with van der Waals surface area (Å²) < 4.78 is 0. The third-order valence-electron chi connectivity index (χ3n) is 2.44. The highest BCUT2D eigenvalue weighted by Crippen LogP contribution is 2.34. The molecule has 0 atom stereocenters. The van der Waals surface area contributed by atoms with Gasteiger partial charge in [0, 0.05) is 19.0 Å². The first-order valence-corrected chi connectivity index (χ1v) is 4.10. The van der Waals surface area contributed by atoms with Crippen LogP contribution >= 0.6 is 0 Å². The van der Waals surface area contributed by atoms with Gasteiger partial charge in [0.15, 0.2) is 0 Å². The standard InChI is InChI=1S/C8H14N2/c1-10(7-4-5-7)8(9)6-2-3-6/h6-7,9H,2-5H2,1H3. The smallest absolute Gasteiger partial charge is 0.0989 e. The van der Waals surface area contributed by atoms with Crippen molar-refractivity contribution in [1.82, 2.24) is 4.90 Å². The maximum absolute atomic E-state index is 7.71. The second-order valence-electron chi connectivity index (χ2n) is 3.50. The van der Waals surface area contributed by atoms with Gasteiger partial charge in [-0.2, -0.15) is 0 Å². The van der Waals surface area contributed by atoms with Crippen LogP contribution in [0.5, 0.6) is 0 Å². The molecule has 0 spiro atoms. The van der Waals surface area contributed by atoms with Crippen molar-refractivity contribution < 1.29 is 0 Å². The van der Waals surface area contributed by atoms with Crippen LogP contribution in [0.3, 0.4) is 0 Å². The molecule has 2 heteroatoms. The van der Waals surface area contributed by atoms with Gasteiger partial charge in [-0.05, 0) is 25.7 Å². The number of rotatable bonds is 2. The van der Waals surface area contributed by atoms with Gasteiger partial charge >= 0.3 is 0 Å².